The average Bonchev–Trinajstić information content (AvgIpc) is 3.38. The number of amidine groups is 1. The molecule has 0 spiro atoms. The summed E-state index contributed by atoms with van der Waals surface area (Å²) in [6.45, 7) is 1.97. The number of aromatic nitrogens is 2. The van der Waals surface area contributed by atoms with Gasteiger partial charge in [0.15, 0.2) is 5.84 Å². The van der Waals surface area contributed by atoms with Crippen LogP contribution in [0.25, 0.3) is 11.3 Å². The number of carbonyl (C=O) groups is 1. The summed E-state index contributed by atoms with van der Waals surface area (Å²) in [5, 5.41) is 18.9. The van der Waals surface area contributed by atoms with Crippen molar-refractivity contribution >= 4 is 23.5 Å². The van der Waals surface area contributed by atoms with E-state index in [4.69, 9.17) is 26.9 Å². The normalized spacial score (nSPS) is 14.8. The number of carboxylic acid groups (broad SMARTS) is 1. The maximum atomic E-state index is 10.6. The minimum absolute atomic E-state index is 0.0806. The zero-order valence-electron chi connectivity index (χ0n) is 13.5. The van der Waals surface area contributed by atoms with Gasteiger partial charge in [-0.05, 0) is 37.5 Å². The molecule has 25 heavy (non-hydrogen) atoms. The highest BCUT2D eigenvalue weighted by Crippen LogP contribution is 2.34. The van der Waals surface area contributed by atoms with Gasteiger partial charge in [0.1, 0.15) is 12.0 Å². The molecule has 1 aromatic heterocycles. The second-order valence-corrected chi connectivity index (χ2v) is 6.21. The number of benzene rings is 1. The fourth-order valence-electron chi connectivity index (χ4n) is 2.41. The van der Waals surface area contributed by atoms with Crippen LogP contribution in [0.4, 0.5) is 4.79 Å². The quantitative estimate of drug-likeness (QED) is 0.557. The first kappa shape index (κ1) is 17.3. The van der Waals surface area contributed by atoms with Crippen LogP contribution in [0.15, 0.2) is 30.6 Å². The zero-order valence-corrected chi connectivity index (χ0v) is 14.2. The van der Waals surface area contributed by atoms with Gasteiger partial charge in [-0.3, -0.25) is 10.7 Å². The van der Waals surface area contributed by atoms with Crippen molar-refractivity contribution in [3.8, 4) is 11.3 Å². The Bertz CT molecular complexity index is 823. The van der Waals surface area contributed by atoms with Crippen molar-refractivity contribution < 1.29 is 14.6 Å². The number of nitrogens with zero attached hydrogens (tertiary/aromatic N) is 2. The number of hydrogen-bond donors (Lipinski definition) is 3. The van der Waals surface area contributed by atoms with Crippen molar-refractivity contribution in [1.82, 2.24) is 15.3 Å². The summed E-state index contributed by atoms with van der Waals surface area (Å²) in [6.07, 6.45) is 2.41. The van der Waals surface area contributed by atoms with E-state index in [1.807, 2.05) is 24.4 Å². The standard InChI is InChI=1S/C17H17ClN4O3/c1-9(25-11-3-4-11)12-5-2-10(6-13(12)18)14-7-15(21-8-20-14)16(19)22-17(23)24/h2,5-9,11H,3-4H2,1H3,(H2,19,22)(H,23,24). The third-order valence-electron chi connectivity index (χ3n) is 3.81. The van der Waals surface area contributed by atoms with Crippen LogP contribution in [0.2, 0.25) is 5.02 Å². The summed E-state index contributed by atoms with van der Waals surface area (Å²) in [5.41, 5.74) is 2.38. The van der Waals surface area contributed by atoms with Gasteiger partial charge in [0.05, 0.1) is 17.9 Å². The highest BCUT2D eigenvalue weighted by Gasteiger charge is 2.26. The summed E-state index contributed by atoms with van der Waals surface area (Å²) >= 11 is 6.39. The summed E-state index contributed by atoms with van der Waals surface area (Å²) in [7, 11) is 0. The van der Waals surface area contributed by atoms with Gasteiger partial charge in [-0.1, -0.05) is 23.7 Å². The van der Waals surface area contributed by atoms with Gasteiger partial charge in [0.2, 0.25) is 0 Å². The SMILES string of the molecule is CC(OC1CC1)c1ccc(-c2cc(C(=N)NC(=O)O)ncn2)cc1Cl. The Morgan fingerprint density at radius 1 is 1.40 bits per heavy atom. The molecule has 1 unspecified atom stereocenters. The number of rotatable bonds is 5. The Morgan fingerprint density at radius 2 is 2.16 bits per heavy atom. The summed E-state index contributed by atoms with van der Waals surface area (Å²) in [6, 6.07) is 7.08. The predicted molar refractivity (Wildman–Crippen MR) is 93.0 cm³/mol. The maximum absolute atomic E-state index is 10.6. The van der Waals surface area contributed by atoms with Crippen molar-refractivity contribution in [2.24, 2.45) is 0 Å². The smallest absolute Gasteiger partial charge is 0.410 e. The highest BCUT2D eigenvalue weighted by atomic mass is 35.5. The molecule has 3 rings (SSSR count). The van der Waals surface area contributed by atoms with E-state index in [9.17, 15) is 4.79 Å². The van der Waals surface area contributed by atoms with Crippen LogP contribution >= 0.6 is 11.6 Å². The van der Waals surface area contributed by atoms with E-state index in [-0.39, 0.29) is 17.6 Å². The van der Waals surface area contributed by atoms with E-state index < -0.39 is 6.09 Å². The Kier molecular flexibility index (Phi) is 4.96. The molecular formula is C17H17ClN4O3. The lowest BCUT2D eigenvalue weighted by atomic mass is 10.0. The zero-order chi connectivity index (χ0) is 18.0. The fraction of sp³-hybridized carbons (Fsp3) is 0.294. The Hall–Kier alpha value is -2.51. The molecule has 1 atom stereocenters. The van der Waals surface area contributed by atoms with E-state index >= 15 is 0 Å². The van der Waals surface area contributed by atoms with Crippen molar-refractivity contribution in [3.63, 3.8) is 0 Å². The lowest BCUT2D eigenvalue weighted by Gasteiger charge is -2.15. The highest BCUT2D eigenvalue weighted by molar-refractivity contribution is 6.31. The molecule has 3 N–H and O–H groups in total. The summed E-state index contributed by atoms with van der Waals surface area (Å²) in [5.74, 6) is -0.315. The number of ether oxygens (including phenoxy) is 1. The van der Waals surface area contributed by atoms with Gasteiger partial charge < -0.3 is 9.84 Å². The van der Waals surface area contributed by atoms with Gasteiger partial charge >= 0.3 is 6.09 Å². The summed E-state index contributed by atoms with van der Waals surface area (Å²) < 4.78 is 5.86. The first-order valence-electron chi connectivity index (χ1n) is 7.80. The molecule has 7 nitrogen and oxygen atoms in total. The van der Waals surface area contributed by atoms with Crippen LogP contribution in [-0.4, -0.2) is 33.1 Å². The Balaban J connectivity index is 1.83. The second-order valence-electron chi connectivity index (χ2n) is 5.81. The first-order valence-corrected chi connectivity index (χ1v) is 8.18. The molecule has 0 bridgehead atoms. The van der Waals surface area contributed by atoms with Crippen LogP contribution in [0.5, 0.6) is 0 Å². The van der Waals surface area contributed by atoms with Crippen molar-refractivity contribution in [2.45, 2.75) is 32.0 Å². The van der Waals surface area contributed by atoms with Crippen LogP contribution in [0.1, 0.15) is 37.1 Å². The van der Waals surface area contributed by atoms with Gasteiger partial charge in [0, 0.05) is 10.6 Å². The lowest BCUT2D eigenvalue weighted by Crippen LogP contribution is -2.29. The number of hydrogen-bond acceptors (Lipinski definition) is 5. The molecule has 8 heteroatoms. The molecule has 1 fully saturated rings. The molecule has 1 aromatic carbocycles. The van der Waals surface area contributed by atoms with E-state index in [2.05, 4.69) is 9.97 Å². The Labute approximate surface area is 149 Å². The van der Waals surface area contributed by atoms with Crippen LogP contribution in [0, 0.1) is 5.41 Å². The van der Waals surface area contributed by atoms with Gasteiger partial charge in [0.25, 0.3) is 0 Å². The topological polar surface area (TPSA) is 108 Å². The Morgan fingerprint density at radius 3 is 2.80 bits per heavy atom. The minimum atomic E-state index is -1.32. The van der Waals surface area contributed by atoms with Crippen molar-refractivity contribution in [1.29, 1.82) is 5.41 Å². The number of amides is 1. The van der Waals surface area contributed by atoms with E-state index in [0.717, 1.165) is 24.0 Å². The number of halogens is 1. The first-order chi connectivity index (χ1) is 11.9. The molecule has 0 saturated heterocycles. The molecule has 130 valence electrons. The predicted octanol–water partition coefficient (Wildman–Crippen LogP) is 3.63. The average molecular weight is 361 g/mol. The minimum Gasteiger partial charge on any atom is -0.465 e. The molecule has 0 aliphatic heterocycles. The van der Waals surface area contributed by atoms with Crippen LogP contribution in [-0.2, 0) is 4.74 Å². The molecule has 1 aliphatic carbocycles. The molecular weight excluding hydrogens is 344 g/mol. The molecule has 1 amide bonds. The summed E-state index contributed by atoms with van der Waals surface area (Å²) in [4.78, 5) is 18.7. The molecule has 1 heterocycles. The fourth-order valence-corrected chi connectivity index (χ4v) is 2.74. The second kappa shape index (κ2) is 7.16. The third-order valence-corrected chi connectivity index (χ3v) is 4.14. The molecule has 2 aromatic rings. The van der Waals surface area contributed by atoms with Crippen molar-refractivity contribution in [3.05, 3.63) is 46.9 Å². The van der Waals surface area contributed by atoms with E-state index in [1.54, 1.807) is 6.07 Å². The number of nitrogens with one attached hydrogen (secondary N) is 2. The van der Waals surface area contributed by atoms with Crippen LogP contribution < -0.4 is 5.32 Å². The van der Waals surface area contributed by atoms with Crippen LogP contribution in [0.3, 0.4) is 0 Å². The van der Waals surface area contributed by atoms with E-state index in [0.29, 0.717) is 16.8 Å². The third kappa shape index (κ3) is 4.32. The molecule has 1 aliphatic rings. The van der Waals surface area contributed by atoms with E-state index in [1.165, 1.54) is 12.4 Å². The van der Waals surface area contributed by atoms with Gasteiger partial charge in [-0.25, -0.2) is 14.8 Å². The lowest BCUT2D eigenvalue weighted by molar-refractivity contribution is 0.0520. The van der Waals surface area contributed by atoms with Gasteiger partial charge in [-0.2, -0.15) is 0 Å². The molecule has 0 radical (unpaired) electrons. The van der Waals surface area contributed by atoms with Gasteiger partial charge in [-0.15, -0.1) is 0 Å². The largest absolute Gasteiger partial charge is 0.465 e. The monoisotopic (exact) mass is 360 g/mol. The van der Waals surface area contributed by atoms with Crippen molar-refractivity contribution in [2.75, 3.05) is 0 Å². The maximum Gasteiger partial charge on any atom is 0.410 e. The molecule has 1 saturated carbocycles.